The minimum atomic E-state index is -1.07. The van der Waals surface area contributed by atoms with Gasteiger partial charge in [0.25, 0.3) is 0 Å². The van der Waals surface area contributed by atoms with Crippen molar-refractivity contribution in [1.29, 1.82) is 0 Å². The van der Waals surface area contributed by atoms with Gasteiger partial charge in [-0.2, -0.15) is 0 Å². The lowest BCUT2D eigenvalue weighted by Crippen LogP contribution is -2.54. The maximum absolute atomic E-state index is 13.5. The van der Waals surface area contributed by atoms with Crippen molar-refractivity contribution in [2.75, 3.05) is 13.2 Å². The van der Waals surface area contributed by atoms with Crippen LogP contribution in [0.15, 0.2) is 109 Å². The molecule has 0 aliphatic heterocycles. The standard InChI is InChI=1S/C42H46N4O7/c1-27(38(48)43-25-37(47)45-36(40(50)53-42(2,3)4)24-29-17-9-6-10-18-29)44-39(49)35(23-28-15-7-5-8-16-28)46-41(51)52-26-34-32-21-13-11-19-30(32)31-20-12-14-22-33(31)34/h5-22,27,34-36H,23-26H2,1-4H3,(H,43,48)(H,44,49)(H,45,47)(H,46,51)/t27-,35-,36+/m0/s1. The zero-order valence-electron chi connectivity index (χ0n) is 30.4. The Hall–Kier alpha value is -5.97. The van der Waals surface area contributed by atoms with Gasteiger partial charge in [0.2, 0.25) is 17.7 Å². The van der Waals surface area contributed by atoms with Gasteiger partial charge in [-0.15, -0.1) is 0 Å². The van der Waals surface area contributed by atoms with Crippen LogP contribution in [0.25, 0.3) is 11.1 Å². The van der Waals surface area contributed by atoms with E-state index in [1.807, 2.05) is 109 Å². The molecule has 4 aromatic rings. The summed E-state index contributed by atoms with van der Waals surface area (Å²) in [6, 6.07) is 31.2. The lowest BCUT2D eigenvalue weighted by atomic mass is 9.98. The quantitative estimate of drug-likeness (QED) is 0.137. The summed E-state index contributed by atoms with van der Waals surface area (Å²) in [6.07, 6.45) is -0.436. The van der Waals surface area contributed by atoms with Gasteiger partial charge in [0.1, 0.15) is 30.3 Å². The zero-order chi connectivity index (χ0) is 38.0. The lowest BCUT2D eigenvalue weighted by Gasteiger charge is -2.25. The first-order valence-electron chi connectivity index (χ1n) is 17.7. The second kappa shape index (κ2) is 17.5. The highest BCUT2D eigenvalue weighted by Gasteiger charge is 2.31. The fourth-order valence-corrected chi connectivity index (χ4v) is 6.20. The molecular formula is C42H46N4O7. The molecule has 0 saturated heterocycles. The molecule has 5 rings (SSSR count). The molecule has 1 aliphatic carbocycles. The van der Waals surface area contributed by atoms with Crippen LogP contribution in [0.5, 0.6) is 0 Å². The molecule has 4 N–H and O–H groups in total. The van der Waals surface area contributed by atoms with E-state index in [-0.39, 0.29) is 25.4 Å². The molecule has 0 radical (unpaired) electrons. The number of nitrogens with one attached hydrogen (secondary N) is 4. The van der Waals surface area contributed by atoms with Gasteiger partial charge < -0.3 is 30.7 Å². The largest absolute Gasteiger partial charge is 0.458 e. The number of amides is 4. The predicted octanol–water partition coefficient (Wildman–Crippen LogP) is 4.83. The van der Waals surface area contributed by atoms with Gasteiger partial charge in [-0.1, -0.05) is 109 Å². The Morgan fingerprint density at radius 3 is 1.70 bits per heavy atom. The third-order valence-electron chi connectivity index (χ3n) is 8.72. The van der Waals surface area contributed by atoms with E-state index in [1.54, 1.807) is 20.8 Å². The van der Waals surface area contributed by atoms with Gasteiger partial charge >= 0.3 is 12.1 Å². The molecule has 3 atom stereocenters. The van der Waals surface area contributed by atoms with Crippen LogP contribution in [-0.2, 0) is 41.5 Å². The van der Waals surface area contributed by atoms with Crippen LogP contribution in [-0.4, -0.2) is 66.7 Å². The molecule has 53 heavy (non-hydrogen) atoms. The van der Waals surface area contributed by atoms with Crippen molar-refractivity contribution in [2.45, 2.75) is 70.2 Å². The van der Waals surface area contributed by atoms with E-state index in [0.29, 0.717) is 0 Å². The van der Waals surface area contributed by atoms with E-state index in [2.05, 4.69) is 21.3 Å². The smallest absolute Gasteiger partial charge is 0.407 e. The Morgan fingerprint density at radius 1 is 0.642 bits per heavy atom. The van der Waals surface area contributed by atoms with E-state index in [1.165, 1.54) is 6.92 Å². The number of ether oxygens (including phenoxy) is 2. The van der Waals surface area contributed by atoms with Crippen molar-refractivity contribution in [3.05, 3.63) is 131 Å². The average molecular weight is 719 g/mol. The maximum atomic E-state index is 13.5. The van der Waals surface area contributed by atoms with Gasteiger partial charge in [0.15, 0.2) is 0 Å². The van der Waals surface area contributed by atoms with Gasteiger partial charge in [-0.3, -0.25) is 14.4 Å². The Balaban J connectivity index is 1.17. The van der Waals surface area contributed by atoms with E-state index in [0.717, 1.165) is 33.4 Å². The number of fused-ring (bicyclic) bond motifs is 3. The van der Waals surface area contributed by atoms with Gasteiger partial charge in [-0.25, -0.2) is 9.59 Å². The molecule has 0 heterocycles. The number of hydrogen-bond donors (Lipinski definition) is 4. The zero-order valence-corrected chi connectivity index (χ0v) is 30.4. The second-order valence-corrected chi connectivity index (χ2v) is 14.0. The summed E-state index contributed by atoms with van der Waals surface area (Å²) in [4.78, 5) is 65.6. The first-order chi connectivity index (χ1) is 25.4. The van der Waals surface area contributed by atoms with Crippen molar-refractivity contribution >= 4 is 29.8 Å². The second-order valence-electron chi connectivity index (χ2n) is 14.0. The van der Waals surface area contributed by atoms with Gasteiger partial charge in [0, 0.05) is 18.8 Å². The SMILES string of the molecule is C[C@H](NC(=O)[C@H](Cc1ccccc1)NC(=O)OCC1c2ccccc2-c2ccccc21)C(=O)NCC(=O)N[C@H](Cc1ccccc1)C(=O)OC(C)(C)C. The van der Waals surface area contributed by atoms with E-state index in [4.69, 9.17) is 9.47 Å². The third kappa shape index (κ3) is 10.8. The summed E-state index contributed by atoms with van der Waals surface area (Å²) in [7, 11) is 0. The number of esters is 1. The van der Waals surface area contributed by atoms with Gasteiger partial charge in [-0.05, 0) is 61.1 Å². The van der Waals surface area contributed by atoms with Crippen LogP contribution in [0.4, 0.5) is 4.79 Å². The Kier molecular flexibility index (Phi) is 12.6. The fraction of sp³-hybridized carbons (Fsp3) is 0.310. The highest BCUT2D eigenvalue weighted by Crippen LogP contribution is 2.44. The number of alkyl carbamates (subject to hydrolysis) is 1. The molecule has 0 saturated carbocycles. The van der Waals surface area contributed by atoms with Crippen LogP contribution >= 0.6 is 0 Å². The normalized spacial score (nSPS) is 13.7. The molecule has 1 aliphatic rings. The molecule has 4 aromatic carbocycles. The van der Waals surface area contributed by atoms with Crippen molar-refractivity contribution < 1.29 is 33.4 Å². The third-order valence-corrected chi connectivity index (χ3v) is 8.72. The summed E-state index contributed by atoms with van der Waals surface area (Å²) >= 11 is 0. The lowest BCUT2D eigenvalue weighted by molar-refractivity contribution is -0.158. The summed E-state index contributed by atoms with van der Waals surface area (Å²) in [5.41, 5.74) is 5.15. The fourth-order valence-electron chi connectivity index (χ4n) is 6.20. The minimum absolute atomic E-state index is 0.0700. The molecule has 11 heteroatoms. The molecule has 4 amide bonds. The Labute approximate surface area is 309 Å². The Morgan fingerprint density at radius 2 is 1.15 bits per heavy atom. The molecule has 276 valence electrons. The highest BCUT2D eigenvalue weighted by atomic mass is 16.6. The monoisotopic (exact) mass is 718 g/mol. The molecule has 0 spiro atoms. The van der Waals surface area contributed by atoms with Crippen LogP contribution in [0.3, 0.4) is 0 Å². The first-order valence-corrected chi connectivity index (χ1v) is 17.7. The summed E-state index contributed by atoms with van der Waals surface area (Å²) in [5, 5.41) is 10.5. The van der Waals surface area contributed by atoms with Crippen molar-refractivity contribution in [3.63, 3.8) is 0 Å². The van der Waals surface area contributed by atoms with Crippen LogP contribution in [0, 0.1) is 0 Å². The summed E-state index contributed by atoms with van der Waals surface area (Å²) in [5.74, 6) is -2.61. The minimum Gasteiger partial charge on any atom is -0.458 e. The predicted molar refractivity (Wildman–Crippen MR) is 201 cm³/mol. The number of benzene rings is 4. The summed E-state index contributed by atoms with van der Waals surface area (Å²) in [6.45, 7) is 6.30. The van der Waals surface area contributed by atoms with Crippen molar-refractivity contribution in [1.82, 2.24) is 21.3 Å². The molecule has 0 unspecified atom stereocenters. The van der Waals surface area contributed by atoms with Crippen LogP contribution < -0.4 is 21.3 Å². The van der Waals surface area contributed by atoms with Crippen molar-refractivity contribution in [3.8, 4) is 11.1 Å². The topological polar surface area (TPSA) is 152 Å². The highest BCUT2D eigenvalue weighted by molar-refractivity contribution is 5.93. The number of carbonyl (C=O) groups is 5. The molecular weight excluding hydrogens is 672 g/mol. The molecule has 11 nitrogen and oxygen atoms in total. The number of hydrogen-bond acceptors (Lipinski definition) is 7. The number of rotatable bonds is 14. The summed E-state index contributed by atoms with van der Waals surface area (Å²) < 4.78 is 11.2. The number of carbonyl (C=O) groups excluding carboxylic acids is 5. The first kappa shape index (κ1) is 38.3. The van der Waals surface area contributed by atoms with Crippen LogP contribution in [0.2, 0.25) is 0 Å². The van der Waals surface area contributed by atoms with E-state index >= 15 is 0 Å². The molecule has 0 aromatic heterocycles. The van der Waals surface area contributed by atoms with E-state index < -0.39 is 60.1 Å². The van der Waals surface area contributed by atoms with E-state index in [9.17, 15) is 24.0 Å². The molecule has 0 bridgehead atoms. The maximum Gasteiger partial charge on any atom is 0.407 e. The average Bonchev–Trinajstić information content (AvgIpc) is 3.46. The van der Waals surface area contributed by atoms with Crippen molar-refractivity contribution in [2.24, 2.45) is 0 Å². The Bertz CT molecular complexity index is 1860. The van der Waals surface area contributed by atoms with Gasteiger partial charge in [0.05, 0.1) is 6.54 Å². The van der Waals surface area contributed by atoms with Crippen LogP contribution in [0.1, 0.15) is 55.9 Å². The molecule has 0 fully saturated rings.